The van der Waals surface area contributed by atoms with Crippen LogP contribution in [0.3, 0.4) is 0 Å². The van der Waals surface area contributed by atoms with Gasteiger partial charge in [0.05, 0.1) is 10.7 Å². The van der Waals surface area contributed by atoms with Crippen molar-refractivity contribution < 1.29 is 0 Å². The lowest BCUT2D eigenvalue weighted by molar-refractivity contribution is 0.258. The summed E-state index contributed by atoms with van der Waals surface area (Å²) in [6.07, 6.45) is 2.48. The van der Waals surface area contributed by atoms with Crippen LogP contribution in [0.5, 0.6) is 0 Å². The van der Waals surface area contributed by atoms with E-state index in [0.717, 1.165) is 29.4 Å². The van der Waals surface area contributed by atoms with Gasteiger partial charge in [-0.3, -0.25) is 0 Å². The second-order valence-corrected chi connectivity index (χ2v) is 5.80. The van der Waals surface area contributed by atoms with Crippen molar-refractivity contribution in [2.45, 2.75) is 24.8 Å². The highest BCUT2D eigenvalue weighted by Crippen LogP contribution is 2.30. The van der Waals surface area contributed by atoms with Gasteiger partial charge in [-0.15, -0.1) is 11.6 Å². The molecule has 2 nitrogen and oxygen atoms in total. The monoisotopic (exact) mass is 286 g/mol. The van der Waals surface area contributed by atoms with Crippen LogP contribution in [0.4, 0.5) is 5.69 Å². The zero-order valence-electron chi connectivity index (χ0n) is 11.0. The number of alkyl halides is 1. The summed E-state index contributed by atoms with van der Waals surface area (Å²) in [7, 11) is 4.29. The molecular formula is C14H20Cl2N2. The maximum absolute atomic E-state index is 6.35. The molecule has 1 aromatic carbocycles. The lowest BCUT2D eigenvalue weighted by atomic mass is 10.0. The molecule has 0 bridgehead atoms. The highest BCUT2D eigenvalue weighted by molar-refractivity contribution is 6.33. The van der Waals surface area contributed by atoms with E-state index in [1.165, 1.54) is 12.8 Å². The second kappa shape index (κ2) is 6.14. The van der Waals surface area contributed by atoms with Gasteiger partial charge in [0, 0.05) is 25.0 Å². The normalized spacial score (nSPS) is 20.5. The lowest BCUT2D eigenvalue weighted by Crippen LogP contribution is -2.45. The highest BCUT2D eigenvalue weighted by Gasteiger charge is 2.22. The first-order valence-electron chi connectivity index (χ1n) is 6.37. The summed E-state index contributed by atoms with van der Waals surface area (Å²) in [5.41, 5.74) is 2.21. The molecule has 100 valence electrons. The predicted octanol–water partition coefficient (Wildman–Crippen LogP) is 3.61. The Hall–Kier alpha value is -0.440. The summed E-state index contributed by atoms with van der Waals surface area (Å²) in [4.78, 5) is 4.68. The van der Waals surface area contributed by atoms with Crippen molar-refractivity contribution >= 4 is 28.9 Å². The van der Waals surface area contributed by atoms with E-state index in [1.807, 2.05) is 6.07 Å². The van der Waals surface area contributed by atoms with Crippen LogP contribution in [0.15, 0.2) is 18.2 Å². The number of halogens is 2. The number of nitrogens with zero attached hydrogens (tertiary/aromatic N) is 2. The zero-order valence-corrected chi connectivity index (χ0v) is 12.5. The quantitative estimate of drug-likeness (QED) is 0.784. The van der Waals surface area contributed by atoms with Crippen LogP contribution >= 0.6 is 23.2 Å². The van der Waals surface area contributed by atoms with Crippen LogP contribution in [0.25, 0.3) is 0 Å². The van der Waals surface area contributed by atoms with Crippen molar-refractivity contribution in [3.05, 3.63) is 28.8 Å². The third kappa shape index (κ3) is 3.11. The predicted molar refractivity (Wildman–Crippen MR) is 79.9 cm³/mol. The van der Waals surface area contributed by atoms with Crippen LogP contribution in [-0.2, 0) is 5.88 Å². The Bertz CT molecular complexity index is 407. The van der Waals surface area contributed by atoms with Gasteiger partial charge in [-0.1, -0.05) is 17.7 Å². The van der Waals surface area contributed by atoms with Gasteiger partial charge in [-0.2, -0.15) is 0 Å². The average Bonchev–Trinajstić information content (AvgIpc) is 2.38. The summed E-state index contributed by atoms with van der Waals surface area (Å²) in [6.45, 7) is 2.14. The van der Waals surface area contributed by atoms with Crippen LogP contribution < -0.4 is 4.90 Å². The number of hydrogen-bond donors (Lipinski definition) is 0. The molecule has 2 rings (SSSR count). The van der Waals surface area contributed by atoms with Crippen LogP contribution in [0.1, 0.15) is 18.4 Å². The molecule has 1 atom stereocenters. The molecule has 4 heteroatoms. The lowest BCUT2D eigenvalue weighted by Gasteiger charge is -2.37. The van der Waals surface area contributed by atoms with Crippen molar-refractivity contribution in [3.63, 3.8) is 0 Å². The van der Waals surface area contributed by atoms with Gasteiger partial charge in [-0.05, 0) is 44.6 Å². The molecule has 0 aliphatic carbocycles. The topological polar surface area (TPSA) is 6.48 Å². The maximum atomic E-state index is 6.35. The van der Waals surface area contributed by atoms with Gasteiger partial charge in [0.2, 0.25) is 0 Å². The van der Waals surface area contributed by atoms with Crippen molar-refractivity contribution in [1.29, 1.82) is 0 Å². The molecule has 1 aliphatic heterocycles. The molecule has 0 aromatic heterocycles. The van der Waals surface area contributed by atoms with E-state index in [9.17, 15) is 0 Å². The number of hydrogen-bond acceptors (Lipinski definition) is 2. The molecule has 0 radical (unpaired) electrons. The Morgan fingerprint density at radius 1 is 1.39 bits per heavy atom. The highest BCUT2D eigenvalue weighted by atomic mass is 35.5. The summed E-state index contributed by atoms with van der Waals surface area (Å²) < 4.78 is 0. The first-order valence-corrected chi connectivity index (χ1v) is 7.29. The number of piperidine rings is 1. The van der Waals surface area contributed by atoms with E-state index in [1.54, 1.807) is 0 Å². The summed E-state index contributed by atoms with van der Waals surface area (Å²) >= 11 is 12.2. The minimum Gasteiger partial charge on any atom is -0.369 e. The number of anilines is 1. The molecule has 1 saturated heterocycles. The molecule has 0 spiro atoms. The van der Waals surface area contributed by atoms with E-state index in [0.29, 0.717) is 11.9 Å². The van der Waals surface area contributed by atoms with E-state index in [2.05, 4.69) is 36.0 Å². The molecule has 1 heterocycles. The van der Waals surface area contributed by atoms with E-state index >= 15 is 0 Å². The van der Waals surface area contributed by atoms with Gasteiger partial charge in [0.25, 0.3) is 0 Å². The van der Waals surface area contributed by atoms with Crippen LogP contribution in [0.2, 0.25) is 5.02 Å². The van der Waals surface area contributed by atoms with Gasteiger partial charge in [-0.25, -0.2) is 0 Å². The minimum absolute atomic E-state index is 0.514. The molecule has 1 unspecified atom stereocenters. The molecule has 1 fully saturated rings. The summed E-state index contributed by atoms with van der Waals surface area (Å²) in [5.74, 6) is 0.514. The molecule has 18 heavy (non-hydrogen) atoms. The Balaban J connectivity index is 2.15. The molecule has 1 aromatic rings. The molecule has 0 amide bonds. The first-order chi connectivity index (χ1) is 8.61. The number of likely N-dealkylation sites (N-methyl/N-ethyl adjacent to an activating group) is 1. The van der Waals surface area contributed by atoms with Crippen molar-refractivity contribution in [2.24, 2.45) is 0 Å². The minimum atomic E-state index is 0.514. The fraction of sp³-hybridized carbons (Fsp3) is 0.571. The van der Waals surface area contributed by atoms with Crippen molar-refractivity contribution in [3.8, 4) is 0 Å². The Morgan fingerprint density at radius 2 is 2.17 bits per heavy atom. The molecule has 1 aliphatic rings. The number of benzene rings is 1. The third-order valence-electron chi connectivity index (χ3n) is 3.63. The van der Waals surface area contributed by atoms with E-state index in [-0.39, 0.29) is 0 Å². The van der Waals surface area contributed by atoms with Gasteiger partial charge >= 0.3 is 0 Å². The maximum Gasteiger partial charge on any atom is 0.0642 e. The molecular weight excluding hydrogens is 267 g/mol. The molecule has 0 N–H and O–H groups in total. The fourth-order valence-electron chi connectivity index (χ4n) is 2.49. The van der Waals surface area contributed by atoms with E-state index < -0.39 is 0 Å². The largest absolute Gasteiger partial charge is 0.369 e. The van der Waals surface area contributed by atoms with E-state index in [4.69, 9.17) is 23.2 Å². The zero-order chi connectivity index (χ0) is 13.1. The average molecular weight is 287 g/mol. The first kappa shape index (κ1) is 14.0. The second-order valence-electron chi connectivity index (χ2n) is 5.13. The standard InChI is InChI=1S/C14H20Cl2N2/c1-17(2)12-4-3-7-18(10-12)14-6-5-11(9-15)8-13(14)16/h5-6,8,12H,3-4,7,9-10H2,1-2H3. The van der Waals surface area contributed by atoms with Gasteiger partial charge < -0.3 is 9.80 Å². The van der Waals surface area contributed by atoms with Crippen molar-refractivity contribution in [2.75, 3.05) is 32.1 Å². The Labute approximate surface area is 119 Å². The van der Waals surface area contributed by atoms with Crippen LogP contribution in [0, 0.1) is 0 Å². The molecule has 0 saturated carbocycles. The summed E-state index contributed by atoms with van der Waals surface area (Å²) in [6, 6.07) is 6.75. The number of rotatable bonds is 3. The van der Waals surface area contributed by atoms with Gasteiger partial charge in [0.1, 0.15) is 0 Å². The third-order valence-corrected chi connectivity index (χ3v) is 4.25. The summed E-state index contributed by atoms with van der Waals surface area (Å²) in [5, 5.41) is 0.813. The fourth-order valence-corrected chi connectivity index (χ4v) is 2.97. The van der Waals surface area contributed by atoms with Gasteiger partial charge in [0.15, 0.2) is 0 Å². The smallest absolute Gasteiger partial charge is 0.0642 e. The SMILES string of the molecule is CN(C)C1CCCN(c2ccc(CCl)cc2Cl)C1. The van der Waals surface area contributed by atoms with Crippen molar-refractivity contribution in [1.82, 2.24) is 4.90 Å². The Morgan fingerprint density at radius 3 is 2.78 bits per heavy atom. The Kier molecular flexibility index (Phi) is 4.77. The van der Waals surface area contributed by atoms with Crippen LogP contribution in [-0.4, -0.2) is 38.1 Å².